The fourth-order valence-corrected chi connectivity index (χ4v) is 7.96. The van der Waals surface area contributed by atoms with Crippen LogP contribution < -0.4 is 0 Å². The van der Waals surface area contributed by atoms with Crippen molar-refractivity contribution >= 4 is 54.9 Å². The first kappa shape index (κ1) is 36.2. The number of rotatable bonds is 6. The number of alkyl halides is 3. The molecule has 0 unspecified atom stereocenters. The van der Waals surface area contributed by atoms with E-state index in [-0.39, 0.29) is 5.65 Å². The van der Waals surface area contributed by atoms with Crippen LogP contribution in [0.3, 0.4) is 0 Å². The van der Waals surface area contributed by atoms with E-state index < -0.39 is 11.7 Å². The molecule has 286 valence electrons. The highest BCUT2D eigenvalue weighted by molar-refractivity contribution is 6.05. The summed E-state index contributed by atoms with van der Waals surface area (Å²) in [5.41, 5.74) is 9.41. The van der Waals surface area contributed by atoms with E-state index >= 15 is 0 Å². The van der Waals surface area contributed by atoms with Crippen LogP contribution in [0.5, 0.6) is 0 Å². The number of imidazole rings is 4. The van der Waals surface area contributed by atoms with Gasteiger partial charge in [-0.05, 0) is 80.3 Å². The lowest BCUT2D eigenvalue weighted by Crippen LogP contribution is -2.08. The highest BCUT2D eigenvalue weighted by Crippen LogP contribution is 2.33. The van der Waals surface area contributed by atoms with Crippen LogP contribution in [0.15, 0.2) is 109 Å². The largest absolute Gasteiger partial charge is 0.419 e. The van der Waals surface area contributed by atoms with Gasteiger partial charge in [-0.1, -0.05) is 66.7 Å². The van der Waals surface area contributed by atoms with Gasteiger partial charge in [0.15, 0.2) is 0 Å². The number of hydrogen-bond donors (Lipinski definition) is 0. The maximum atomic E-state index is 13.3. The van der Waals surface area contributed by atoms with Gasteiger partial charge >= 0.3 is 6.18 Å². The molecule has 11 heteroatoms. The molecule has 0 atom stereocenters. The minimum absolute atomic E-state index is 0.0477. The average molecular weight is 763 g/mol. The second-order valence-corrected chi connectivity index (χ2v) is 14.9. The van der Waals surface area contributed by atoms with Crippen LogP contribution in [-0.2, 0) is 46.0 Å². The number of fused-ring (bicyclic) bond motifs is 8. The zero-order chi connectivity index (χ0) is 39.6. The van der Waals surface area contributed by atoms with Crippen LogP contribution in [0.4, 0.5) is 13.2 Å². The molecule has 6 aromatic heterocycles. The second-order valence-electron chi connectivity index (χ2n) is 14.9. The smallest absolute Gasteiger partial charge is 0.331 e. The third kappa shape index (κ3) is 6.46. The van der Waals surface area contributed by atoms with Crippen molar-refractivity contribution in [1.82, 2.24) is 37.9 Å². The number of nitrogens with zero attached hydrogens (tertiary/aromatic N) is 8. The van der Waals surface area contributed by atoms with Crippen molar-refractivity contribution in [3.05, 3.63) is 155 Å². The zero-order valence-electron chi connectivity index (χ0n) is 32.4. The van der Waals surface area contributed by atoms with Gasteiger partial charge in [-0.3, -0.25) is 0 Å². The molecule has 6 heterocycles. The molecule has 0 fully saturated rings. The number of aromatic nitrogens is 8. The summed E-state index contributed by atoms with van der Waals surface area (Å²) in [7, 11) is 4.08. The van der Waals surface area contributed by atoms with Crippen LogP contribution in [0.2, 0.25) is 0 Å². The lowest BCUT2D eigenvalue weighted by atomic mass is 10.1. The van der Waals surface area contributed by atoms with Gasteiger partial charge < -0.3 is 17.9 Å². The molecule has 10 aromatic rings. The first-order valence-corrected chi connectivity index (χ1v) is 19.1. The molecule has 8 nitrogen and oxygen atoms in total. The van der Waals surface area contributed by atoms with Crippen LogP contribution in [0.1, 0.15) is 45.6 Å². The molecule has 57 heavy (non-hydrogen) atoms. The number of aryl methyl sites for hydroxylation is 9. The third-order valence-electron chi connectivity index (χ3n) is 11.2. The molecule has 0 spiro atoms. The summed E-state index contributed by atoms with van der Waals surface area (Å²) in [6.45, 7) is 6.01. The molecule has 0 amide bonds. The Morgan fingerprint density at radius 2 is 0.982 bits per heavy atom. The van der Waals surface area contributed by atoms with E-state index in [1.165, 1.54) is 38.0 Å². The van der Waals surface area contributed by atoms with E-state index in [0.29, 0.717) is 24.2 Å². The van der Waals surface area contributed by atoms with Crippen LogP contribution in [0.25, 0.3) is 54.9 Å². The van der Waals surface area contributed by atoms with Crippen molar-refractivity contribution in [1.29, 1.82) is 0 Å². The van der Waals surface area contributed by atoms with Crippen molar-refractivity contribution in [2.45, 2.75) is 52.6 Å². The molecule has 0 aliphatic heterocycles. The molecule has 10 rings (SSSR count). The molecule has 0 radical (unpaired) electrons. The van der Waals surface area contributed by atoms with Gasteiger partial charge in [-0.25, -0.2) is 19.9 Å². The molecular formula is C46H41F3N8. The highest BCUT2D eigenvalue weighted by atomic mass is 19.4. The van der Waals surface area contributed by atoms with Gasteiger partial charge in [-0.15, -0.1) is 0 Å². The highest BCUT2D eigenvalue weighted by Gasteiger charge is 2.34. The van der Waals surface area contributed by atoms with E-state index in [2.05, 4.69) is 114 Å². The normalized spacial score (nSPS) is 12.1. The summed E-state index contributed by atoms with van der Waals surface area (Å²) < 4.78 is 48.0. The summed E-state index contributed by atoms with van der Waals surface area (Å²) in [5, 5.41) is 4.68. The van der Waals surface area contributed by atoms with E-state index in [0.717, 1.165) is 69.2 Å². The molecule has 0 bridgehead atoms. The fourth-order valence-electron chi connectivity index (χ4n) is 7.96. The van der Waals surface area contributed by atoms with Gasteiger partial charge in [-0.2, -0.15) is 13.2 Å². The molecule has 0 N–H and O–H groups in total. The summed E-state index contributed by atoms with van der Waals surface area (Å²) in [6, 6.07) is 31.9. The maximum Gasteiger partial charge on any atom is 0.419 e. The van der Waals surface area contributed by atoms with Gasteiger partial charge in [0.25, 0.3) is 0 Å². The first-order valence-electron chi connectivity index (χ1n) is 19.1. The quantitative estimate of drug-likeness (QED) is 0.169. The van der Waals surface area contributed by atoms with E-state index in [1.54, 1.807) is 13.1 Å². The standard InChI is InChI=1S/C23H19F3N4.C23H22N4/c1-14-7-10-18(23(24,25)26)22-27-16(13-30(14)22)9-12-20-28-21-17-6-4-3-5-15(17)8-11-19(21)29(20)2;1-15-8-9-16(2)27-14-18(24-23(15)27)11-13-21-25-22-19-7-5-4-6-17(19)10-12-20(22)26(21)3/h3-8,10-11,13H,9,12H2,1-2H3;4-10,12,14H,11,13H2,1-3H3. The topological polar surface area (TPSA) is 70.2 Å². The Morgan fingerprint density at radius 3 is 1.49 bits per heavy atom. The van der Waals surface area contributed by atoms with Crippen molar-refractivity contribution in [2.75, 3.05) is 0 Å². The lowest BCUT2D eigenvalue weighted by molar-refractivity contribution is -0.136. The van der Waals surface area contributed by atoms with Gasteiger partial charge in [0.05, 0.1) is 39.0 Å². The summed E-state index contributed by atoms with van der Waals surface area (Å²) in [6.07, 6.45) is 2.28. The molecule has 0 aliphatic rings. The Bertz CT molecular complexity index is 3100. The Balaban J connectivity index is 0.000000149. The predicted octanol–water partition coefficient (Wildman–Crippen LogP) is 10.3. The Morgan fingerprint density at radius 1 is 0.509 bits per heavy atom. The molecule has 4 aromatic carbocycles. The minimum atomic E-state index is -4.43. The van der Waals surface area contributed by atoms with Crippen molar-refractivity contribution in [3.8, 4) is 0 Å². The van der Waals surface area contributed by atoms with Crippen molar-refractivity contribution < 1.29 is 13.2 Å². The van der Waals surface area contributed by atoms with E-state index in [1.807, 2.05) is 23.7 Å². The van der Waals surface area contributed by atoms with Gasteiger partial charge in [0.2, 0.25) is 0 Å². The van der Waals surface area contributed by atoms with Crippen molar-refractivity contribution in [2.24, 2.45) is 14.1 Å². The minimum Gasteiger partial charge on any atom is -0.331 e. The van der Waals surface area contributed by atoms with E-state index in [9.17, 15) is 13.2 Å². The summed E-state index contributed by atoms with van der Waals surface area (Å²) >= 11 is 0. The van der Waals surface area contributed by atoms with Gasteiger partial charge in [0, 0.05) is 61.5 Å². The SMILES string of the molecule is Cc1ccc(C(F)(F)F)c2nc(CCc3nc4c5ccccc5ccc4n3C)cn12.Cc1ccc(C)n2cc(CCc3nc4c5ccccc5ccc4n3C)nc12. The zero-order valence-corrected chi connectivity index (χ0v) is 32.4. The Kier molecular flexibility index (Phi) is 8.83. The van der Waals surface area contributed by atoms with Crippen LogP contribution in [-0.4, -0.2) is 37.9 Å². The summed E-state index contributed by atoms with van der Waals surface area (Å²) in [5.74, 6) is 1.98. The molecule has 0 saturated heterocycles. The predicted molar refractivity (Wildman–Crippen MR) is 221 cm³/mol. The average Bonchev–Trinajstić information content (AvgIpc) is 3.99. The number of benzene rings is 4. The van der Waals surface area contributed by atoms with Crippen molar-refractivity contribution in [3.63, 3.8) is 0 Å². The molecule has 0 aliphatic carbocycles. The summed E-state index contributed by atoms with van der Waals surface area (Å²) in [4.78, 5) is 18.9. The monoisotopic (exact) mass is 762 g/mol. The van der Waals surface area contributed by atoms with Crippen LogP contribution >= 0.6 is 0 Å². The van der Waals surface area contributed by atoms with Gasteiger partial charge in [0.1, 0.15) is 22.9 Å². The van der Waals surface area contributed by atoms with E-state index in [4.69, 9.17) is 15.0 Å². The Labute approximate surface area is 326 Å². The Hall–Kier alpha value is -6.49. The second kappa shape index (κ2) is 13.9. The number of halogens is 3. The lowest BCUT2D eigenvalue weighted by Gasteiger charge is -2.09. The third-order valence-corrected chi connectivity index (χ3v) is 11.2. The fraction of sp³-hybridized carbons (Fsp3) is 0.217. The molecule has 0 saturated carbocycles. The van der Waals surface area contributed by atoms with Crippen LogP contribution in [0, 0.1) is 20.8 Å². The number of hydrogen-bond acceptors (Lipinski definition) is 4. The first-order chi connectivity index (χ1) is 27.4. The molecular weight excluding hydrogens is 722 g/mol. The maximum absolute atomic E-state index is 13.3. The number of pyridine rings is 2.